The average Bonchev–Trinajstić information content (AvgIpc) is 2.60. The summed E-state index contributed by atoms with van der Waals surface area (Å²) in [4.78, 5) is 13.2. The van der Waals surface area contributed by atoms with Crippen LogP contribution >= 0.6 is 0 Å². The van der Waals surface area contributed by atoms with Crippen LogP contribution in [0, 0.1) is 27.7 Å². The Morgan fingerprint density at radius 2 is 1.27 bits per heavy atom. The average molecular weight is 342 g/mol. The summed E-state index contributed by atoms with van der Waals surface area (Å²) in [5.74, 6) is 0.291. The number of hydrogen-bond acceptors (Lipinski definition) is 1. The van der Waals surface area contributed by atoms with Gasteiger partial charge < -0.3 is 0 Å². The third-order valence-electron chi connectivity index (χ3n) is 5.03. The van der Waals surface area contributed by atoms with E-state index in [-0.39, 0.29) is 11.7 Å². The maximum absolute atomic E-state index is 13.2. The maximum Gasteiger partial charge on any atom is 0.164 e. The standard InChI is InChI=1S/C25H26O/c1-17-10-12-22(13-11-17)23(21-8-6-5-7-9-21)16-24(26)25-19(3)14-18(2)15-20(25)4/h5-15,23H,16H2,1-4H3. The lowest BCUT2D eigenvalue weighted by molar-refractivity contribution is 0.0976. The van der Waals surface area contributed by atoms with Crippen LogP contribution in [0.3, 0.4) is 0 Å². The second-order valence-corrected chi connectivity index (χ2v) is 7.27. The minimum atomic E-state index is 0.0735. The van der Waals surface area contributed by atoms with E-state index in [9.17, 15) is 4.79 Å². The molecular formula is C25H26O. The van der Waals surface area contributed by atoms with Crippen LogP contribution in [0.2, 0.25) is 0 Å². The van der Waals surface area contributed by atoms with Crippen LogP contribution < -0.4 is 0 Å². The summed E-state index contributed by atoms with van der Waals surface area (Å²) in [6, 6.07) is 23.1. The van der Waals surface area contributed by atoms with Gasteiger partial charge in [0.2, 0.25) is 0 Å². The van der Waals surface area contributed by atoms with Gasteiger partial charge in [-0.05, 0) is 49.9 Å². The van der Waals surface area contributed by atoms with E-state index in [0.29, 0.717) is 6.42 Å². The smallest absolute Gasteiger partial charge is 0.164 e. The Kier molecular flexibility index (Phi) is 5.37. The van der Waals surface area contributed by atoms with Gasteiger partial charge in [-0.3, -0.25) is 4.79 Å². The first kappa shape index (κ1) is 18.1. The summed E-state index contributed by atoms with van der Waals surface area (Å²) < 4.78 is 0. The quantitative estimate of drug-likeness (QED) is 0.495. The Hall–Kier alpha value is -2.67. The van der Waals surface area contributed by atoms with E-state index >= 15 is 0 Å². The Balaban J connectivity index is 1.99. The summed E-state index contributed by atoms with van der Waals surface area (Å²) in [6.45, 7) is 8.24. The monoisotopic (exact) mass is 342 g/mol. The van der Waals surface area contributed by atoms with Crippen molar-refractivity contribution in [3.63, 3.8) is 0 Å². The molecule has 0 saturated carbocycles. The first-order chi connectivity index (χ1) is 12.5. The highest BCUT2D eigenvalue weighted by atomic mass is 16.1. The molecule has 0 aliphatic heterocycles. The molecule has 1 nitrogen and oxygen atoms in total. The highest BCUT2D eigenvalue weighted by molar-refractivity contribution is 5.99. The molecule has 0 fully saturated rings. The summed E-state index contributed by atoms with van der Waals surface area (Å²) in [7, 11) is 0. The zero-order valence-corrected chi connectivity index (χ0v) is 16.0. The van der Waals surface area contributed by atoms with Crippen molar-refractivity contribution in [1.29, 1.82) is 0 Å². The van der Waals surface area contributed by atoms with Gasteiger partial charge in [0.15, 0.2) is 5.78 Å². The molecule has 1 atom stereocenters. The number of carbonyl (C=O) groups is 1. The zero-order chi connectivity index (χ0) is 18.7. The van der Waals surface area contributed by atoms with Crippen molar-refractivity contribution in [2.45, 2.75) is 40.0 Å². The lowest BCUT2D eigenvalue weighted by Gasteiger charge is -2.19. The Morgan fingerprint density at radius 3 is 1.85 bits per heavy atom. The minimum absolute atomic E-state index is 0.0735. The molecule has 3 rings (SSSR count). The molecule has 132 valence electrons. The lowest BCUT2D eigenvalue weighted by Crippen LogP contribution is -2.12. The second kappa shape index (κ2) is 7.70. The van der Waals surface area contributed by atoms with Crippen LogP contribution in [-0.2, 0) is 0 Å². The number of aryl methyl sites for hydroxylation is 4. The van der Waals surface area contributed by atoms with Gasteiger partial charge >= 0.3 is 0 Å². The van der Waals surface area contributed by atoms with Crippen LogP contribution in [0.1, 0.15) is 56.1 Å². The third kappa shape index (κ3) is 3.94. The maximum atomic E-state index is 13.2. The molecule has 0 amide bonds. The van der Waals surface area contributed by atoms with Gasteiger partial charge in [-0.15, -0.1) is 0 Å². The van der Waals surface area contributed by atoms with Crippen molar-refractivity contribution >= 4 is 5.78 Å². The van der Waals surface area contributed by atoms with E-state index in [2.05, 4.69) is 62.4 Å². The summed E-state index contributed by atoms with van der Waals surface area (Å²) in [5.41, 5.74) is 7.84. The fourth-order valence-electron chi connectivity index (χ4n) is 3.82. The van der Waals surface area contributed by atoms with Gasteiger partial charge in [-0.2, -0.15) is 0 Å². The van der Waals surface area contributed by atoms with Gasteiger partial charge in [-0.1, -0.05) is 77.9 Å². The molecule has 0 bridgehead atoms. The van der Waals surface area contributed by atoms with Crippen LogP contribution in [0.4, 0.5) is 0 Å². The molecule has 0 heterocycles. The minimum Gasteiger partial charge on any atom is -0.294 e. The SMILES string of the molecule is Cc1ccc(C(CC(=O)c2c(C)cc(C)cc2C)c2ccccc2)cc1. The molecule has 26 heavy (non-hydrogen) atoms. The second-order valence-electron chi connectivity index (χ2n) is 7.27. The van der Waals surface area contributed by atoms with Crippen LogP contribution in [-0.4, -0.2) is 5.78 Å². The lowest BCUT2D eigenvalue weighted by atomic mass is 9.84. The van der Waals surface area contributed by atoms with Gasteiger partial charge in [0.05, 0.1) is 0 Å². The van der Waals surface area contributed by atoms with E-state index in [1.807, 2.05) is 32.0 Å². The molecule has 0 aromatic heterocycles. The number of ketones is 1. The van der Waals surface area contributed by atoms with Crippen molar-refractivity contribution in [1.82, 2.24) is 0 Å². The summed E-state index contributed by atoms with van der Waals surface area (Å²) in [6.07, 6.45) is 0.484. The first-order valence-corrected chi connectivity index (χ1v) is 9.18. The van der Waals surface area contributed by atoms with Crippen molar-refractivity contribution < 1.29 is 4.79 Å². The fraction of sp³-hybridized carbons (Fsp3) is 0.240. The fourth-order valence-corrected chi connectivity index (χ4v) is 3.82. The zero-order valence-electron chi connectivity index (χ0n) is 16.0. The first-order valence-electron chi connectivity index (χ1n) is 9.18. The van der Waals surface area contributed by atoms with Gasteiger partial charge in [-0.25, -0.2) is 0 Å². The number of rotatable bonds is 5. The summed E-state index contributed by atoms with van der Waals surface area (Å²) >= 11 is 0. The largest absolute Gasteiger partial charge is 0.294 e. The van der Waals surface area contributed by atoms with E-state index in [4.69, 9.17) is 0 Å². The Labute approximate surface area is 156 Å². The number of benzene rings is 3. The van der Waals surface area contributed by atoms with E-state index < -0.39 is 0 Å². The van der Waals surface area contributed by atoms with Crippen molar-refractivity contribution in [3.8, 4) is 0 Å². The molecule has 0 radical (unpaired) electrons. The van der Waals surface area contributed by atoms with Gasteiger partial charge in [0.1, 0.15) is 0 Å². The topological polar surface area (TPSA) is 17.1 Å². The van der Waals surface area contributed by atoms with Crippen LogP contribution in [0.15, 0.2) is 66.7 Å². The van der Waals surface area contributed by atoms with Crippen molar-refractivity contribution in [3.05, 3.63) is 106 Å². The van der Waals surface area contributed by atoms with E-state index in [1.54, 1.807) is 0 Å². The molecule has 0 spiro atoms. The molecule has 0 aliphatic rings. The number of hydrogen-bond donors (Lipinski definition) is 0. The Bertz CT molecular complexity index is 882. The molecule has 3 aromatic carbocycles. The molecule has 0 aliphatic carbocycles. The highest BCUT2D eigenvalue weighted by Crippen LogP contribution is 2.31. The number of carbonyl (C=O) groups excluding carboxylic acids is 1. The van der Waals surface area contributed by atoms with Gasteiger partial charge in [0.25, 0.3) is 0 Å². The predicted octanol–water partition coefficient (Wildman–Crippen LogP) is 6.33. The summed E-state index contributed by atoms with van der Waals surface area (Å²) in [5, 5.41) is 0. The Morgan fingerprint density at radius 1 is 0.731 bits per heavy atom. The molecular weight excluding hydrogens is 316 g/mol. The molecule has 0 N–H and O–H groups in total. The third-order valence-corrected chi connectivity index (χ3v) is 5.03. The normalized spacial score (nSPS) is 12.0. The van der Waals surface area contributed by atoms with E-state index in [0.717, 1.165) is 16.7 Å². The molecule has 1 heteroatoms. The van der Waals surface area contributed by atoms with Crippen LogP contribution in [0.5, 0.6) is 0 Å². The molecule has 3 aromatic rings. The highest BCUT2D eigenvalue weighted by Gasteiger charge is 2.21. The van der Waals surface area contributed by atoms with Crippen molar-refractivity contribution in [2.75, 3.05) is 0 Å². The van der Waals surface area contributed by atoms with E-state index in [1.165, 1.54) is 22.3 Å². The molecule has 1 unspecified atom stereocenters. The number of Topliss-reactive ketones (excluding diaryl/α,β-unsaturated/α-hetero) is 1. The van der Waals surface area contributed by atoms with Gasteiger partial charge in [0, 0.05) is 17.9 Å². The molecule has 0 saturated heterocycles. The van der Waals surface area contributed by atoms with Crippen molar-refractivity contribution in [2.24, 2.45) is 0 Å². The van der Waals surface area contributed by atoms with Crippen LogP contribution in [0.25, 0.3) is 0 Å². The predicted molar refractivity (Wildman–Crippen MR) is 109 cm³/mol.